The van der Waals surface area contributed by atoms with Crippen LogP contribution in [-0.2, 0) is 21.2 Å². The van der Waals surface area contributed by atoms with Gasteiger partial charge in [0.1, 0.15) is 15.6 Å². The molecule has 0 saturated heterocycles. The Morgan fingerprint density at radius 1 is 1.23 bits per heavy atom. The Morgan fingerprint density at radius 2 is 1.96 bits per heavy atom. The highest BCUT2D eigenvalue weighted by atomic mass is 32.2. The number of thiazole rings is 1. The largest absolute Gasteiger partial charge is 0.360 e. The second kappa shape index (κ2) is 7.36. The lowest BCUT2D eigenvalue weighted by atomic mass is 10.2. The van der Waals surface area contributed by atoms with Crippen molar-refractivity contribution in [1.29, 1.82) is 0 Å². The molecule has 0 bridgehead atoms. The minimum atomic E-state index is -3.96. The molecule has 26 heavy (non-hydrogen) atoms. The van der Waals surface area contributed by atoms with Gasteiger partial charge in [-0.2, -0.15) is 0 Å². The van der Waals surface area contributed by atoms with Crippen molar-refractivity contribution >= 4 is 27.3 Å². The van der Waals surface area contributed by atoms with Crippen LogP contribution in [0, 0.1) is 13.8 Å². The van der Waals surface area contributed by atoms with Gasteiger partial charge in [-0.25, -0.2) is 13.4 Å². The number of hydrazine groups is 1. The second-order valence-electron chi connectivity index (χ2n) is 5.48. The molecular formula is C16H16N4O4S2. The minimum Gasteiger partial charge on any atom is -0.360 e. The fourth-order valence-corrected chi connectivity index (χ4v) is 4.34. The van der Waals surface area contributed by atoms with Crippen LogP contribution in [0.25, 0.3) is 11.3 Å². The third-order valence-electron chi connectivity index (χ3n) is 3.49. The topological polar surface area (TPSA) is 114 Å². The van der Waals surface area contributed by atoms with Gasteiger partial charge in [-0.15, -0.1) is 16.2 Å². The number of nitrogens with one attached hydrogen (secondary N) is 2. The summed E-state index contributed by atoms with van der Waals surface area (Å²) < 4.78 is 29.3. The molecule has 0 atom stereocenters. The third kappa shape index (κ3) is 3.98. The maximum Gasteiger partial charge on any atom is 0.262 e. The number of carbonyl (C=O) groups excluding carboxylic acids is 1. The first-order valence-electron chi connectivity index (χ1n) is 7.60. The second-order valence-corrected chi connectivity index (χ2v) is 8.04. The number of hydrogen-bond acceptors (Lipinski definition) is 7. The van der Waals surface area contributed by atoms with E-state index in [2.05, 4.69) is 20.4 Å². The van der Waals surface area contributed by atoms with Crippen molar-refractivity contribution in [3.05, 3.63) is 52.2 Å². The zero-order chi connectivity index (χ0) is 18.7. The molecule has 8 nitrogen and oxygen atoms in total. The highest BCUT2D eigenvalue weighted by molar-refractivity contribution is 7.89. The summed E-state index contributed by atoms with van der Waals surface area (Å²) >= 11 is 1.33. The SMILES string of the molecule is Cc1noc(C)c1S(=O)(=O)NNC(=O)Cc1nc(-c2ccccc2)cs1. The van der Waals surface area contributed by atoms with E-state index in [1.54, 1.807) is 0 Å². The van der Waals surface area contributed by atoms with Crippen LogP contribution in [0.3, 0.4) is 0 Å². The van der Waals surface area contributed by atoms with Gasteiger partial charge in [-0.05, 0) is 13.8 Å². The summed E-state index contributed by atoms with van der Waals surface area (Å²) in [5, 5.41) is 6.03. The van der Waals surface area contributed by atoms with Crippen molar-refractivity contribution in [2.24, 2.45) is 0 Å². The summed E-state index contributed by atoms with van der Waals surface area (Å²) in [6.45, 7) is 2.99. The number of amides is 1. The molecule has 0 spiro atoms. The van der Waals surface area contributed by atoms with E-state index >= 15 is 0 Å². The molecule has 0 fully saturated rings. The van der Waals surface area contributed by atoms with Gasteiger partial charge < -0.3 is 4.52 Å². The summed E-state index contributed by atoms with van der Waals surface area (Å²) in [4.78, 5) is 18.4. The highest BCUT2D eigenvalue weighted by Gasteiger charge is 2.24. The van der Waals surface area contributed by atoms with Crippen LogP contribution in [0.1, 0.15) is 16.5 Å². The first-order valence-corrected chi connectivity index (χ1v) is 9.96. The van der Waals surface area contributed by atoms with Crippen LogP contribution in [-0.4, -0.2) is 24.5 Å². The van der Waals surface area contributed by atoms with Gasteiger partial charge >= 0.3 is 0 Å². The normalized spacial score (nSPS) is 11.5. The molecule has 10 heteroatoms. The van der Waals surface area contributed by atoms with E-state index in [1.165, 1.54) is 25.2 Å². The summed E-state index contributed by atoms with van der Waals surface area (Å²) in [6, 6.07) is 9.58. The van der Waals surface area contributed by atoms with E-state index in [-0.39, 0.29) is 22.8 Å². The Labute approximate surface area is 154 Å². The fraction of sp³-hybridized carbons (Fsp3) is 0.188. The molecule has 0 aliphatic carbocycles. The van der Waals surface area contributed by atoms with Crippen molar-refractivity contribution in [2.45, 2.75) is 25.2 Å². The van der Waals surface area contributed by atoms with Crippen LogP contribution in [0.4, 0.5) is 0 Å². The Hall–Kier alpha value is -2.56. The third-order valence-corrected chi connectivity index (χ3v) is 5.83. The molecule has 0 radical (unpaired) electrons. The fourth-order valence-electron chi connectivity index (χ4n) is 2.35. The number of rotatable bonds is 6. The molecule has 1 amide bonds. The zero-order valence-corrected chi connectivity index (χ0v) is 15.6. The van der Waals surface area contributed by atoms with Crippen LogP contribution in [0.5, 0.6) is 0 Å². The number of aromatic nitrogens is 2. The maximum absolute atomic E-state index is 12.2. The summed E-state index contributed by atoms with van der Waals surface area (Å²) in [7, 11) is -3.96. The Kier molecular flexibility index (Phi) is 5.16. The zero-order valence-electron chi connectivity index (χ0n) is 14.0. The standard InChI is InChI=1S/C16H16N4O4S2/c1-10-16(11(2)24-19-10)26(22,23)20-18-14(21)8-15-17-13(9-25-15)12-6-4-3-5-7-12/h3-7,9,20H,8H2,1-2H3,(H,18,21). The Morgan fingerprint density at radius 3 is 2.62 bits per heavy atom. The van der Waals surface area contributed by atoms with Gasteiger partial charge in [0.05, 0.1) is 12.1 Å². The number of hydrogen-bond donors (Lipinski definition) is 2. The van der Waals surface area contributed by atoms with E-state index in [9.17, 15) is 13.2 Å². The molecule has 0 saturated carbocycles. The molecular weight excluding hydrogens is 376 g/mol. The minimum absolute atomic E-state index is 0.0401. The van der Waals surface area contributed by atoms with Crippen LogP contribution >= 0.6 is 11.3 Å². The van der Waals surface area contributed by atoms with Crippen LogP contribution < -0.4 is 10.3 Å². The van der Waals surface area contributed by atoms with E-state index in [0.717, 1.165) is 11.3 Å². The maximum atomic E-state index is 12.2. The van der Waals surface area contributed by atoms with Crippen LogP contribution in [0.15, 0.2) is 45.1 Å². The van der Waals surface area contributed by atoms with Crippen LogP contribution in [0.2, 0.25) is 0 Å². The number of sulfonamides is 1. The summed E-state index contributed by atoms with van der Waals surface area (Å²) in [5.41, 5.74) is 4.13. The molecule has 0 aliphatic heterocycles. The molecule has 2 aromatic heterocycles. The molecule has 2 heterocycles. The lowest BCUT2D eigenvalue weighted by molar-refractivity contribution is -0.120. The number of nitrogens with zero attached hydrogens (tertiary/aromatic N) is 2. The monoisotopic (exact) mass is 392 g/mol. The summed E-state index contributed by atoms with van der Waals surface area (Å²) in [6.07, 6.45) is -0.0401. The van der Waals surface area contributed by atoms with E-state index in [0.29, 0.717) is 5.01 Å². The lowest BCUT2D eigenvalue weighted by Crippen LogP contribution is -2.42. The van der Waals surface area contributed by atoms with Gasteiger partial charge in [0.15, 0.2) is 5.76 Å². The molecule has 3 rings (SSSR count). The molecule has 136 valence electrons. The van der Waals surface area contributed by atoms with Gasteiger partial charge in [0.25, 0.3) is 10.0 Å². The molecule has 2 N–H and O–H groups in total. The first-order chi connectivity index (χ1) is 12.4. The quantitative estimate of drug-likeness (QED) is 0.620. The van der Waals surface area contributed by atoms with Gasteiger partial charge in [-0.1, -0.05) is 35.5 Å². The van der Waals surface area contributed by atoms with Gasteiger partial charge in [-0.3, -0.25) is 10.2 Å². The van der Waals surface area contributed by atoms with Crippen molar-refractivity contribution in [3.8, 4) is 11.3 Å². The van der Waals surface area contributed by atoms with Crippen molar-refractivity contribution in [1.82, 2.24) is 20.4 Å². The first kappa shape index (κ1) is 18.2. The Balaban J connectivity index is 1.62. The molecule has 0 aliphatic rings. The molecule has 3 aromatic rings. The Bertz CT molecular complexity index is 1010. The summed E-state index contributed by atoms with van der Waals surface area (Å²) in [5.74, 6) is -0.369. The van der Waals surface area contributed by atoms with Gasteiger partial charge in [0.2, 0.25) is 5.91 Å². The smallest absolute Gasteiger partial charge is 0.262 e. The van der Waals surface area contributed by atoms with E-state index in [4.69, 9.17) is 4.52 Å². The van der Waals surface area contributed by atoms with Crippen molar-refractivity contribution < 1.29 is 17.7 Å². The highest BCUT2D eigenvalue weighted by Crippen LogP contribution is 2.22. The number of carbonyl (C=O) groups is 1. The number of aryl methyl sites for hydroxylation is 2. The van der Waals surface area contributed by atoms with E-state index in [1.807, 2.05) is 35.7 Å². The van der Waals surface area contributed by atoms with Crippen molar-refractivity contribution in [3.63, 3.8) is 0 Å². The van der Waals surface area contributed by atoms with E-state index < -0.39 is 15.9 Å². The molecule has 1 aromatic carbocycles. The number of benzene rings is 1. The predicted octanol–water partition coefficient (Wildman–Crippen LogP) is 1.97. The average molecular weight is 392 g/mol. The lowest BCUT2D eigenvalue weighted by Gasteiger charge is -2.07. The van der Waals surface area contributed by atoms with Crippen molar-refractivity contribution in [2.75, 3.05) is 0 Å². The average Bonchev–Trinajstić information content (AvgIpc) is 3.21. The molecule has 0 unspecified atom stereocenters. The predicted molar refractivity (Wildman–Crippen MR) is 95.7 cm³/mol. The van der Waals surface area contributed by atoms with Gasteiger partial charge in [0, 0.05) is 10.9 Å².